The maximum Gasteiger partial charge on any atom is 0.0722 e. The summed E-state index contributed by atoms with van der Waals surface area (Å²) in [7, 11) is 0. The van der Waals surface area contributed by atoms with Crippen molar-refractivity contribution in [2.24, 2.45) is 5.84 Å². The number of hydrazine groups is 1. The summed E-state index contributed by atoms with van der Waals surface area (Å²) in [6, 6.07) is 10.6. The number of para-hydroxylation sites is 1. The van der Waals surface area contributed by atoms with Gasteiger partial charge in [0.25, 0.3) is 0 Å². The first-order chi connectivity index (χ1) is 10.2. The molecule has 0 radical (unpaired) electrons. The molecule has 2 aromatic heterocycles. The fraction of sp³-hybridized carbons (Fsp3) is 0.267. The third kappa shape index (κ3) is 2.98. The van der Waals surface area contributed by atoms with Crippen LogP contribution in [0.1, 0.15) is 24.2 Å². The number of nitrogens with one attached hydrogen (secondary N) is 1. The van der Waals surface area contributed by atoms with Crippen LogP contribution in [-0.2, 0) is 13.0 Å². The standard InChI is InChI=1S/C15H17IN4S/c1-2-20-14-6-4-3-5-11(14)13(19-20)8-12(18-17)10-7-15(16)21-9-10/h3-7,9,12,18H,2,8,17H2,1H3. The minimum Gasteiger partial charge on any atom is -0.271 e. The molecule has 0 aliphatic rings. The second-order valence-electron chi connectivity index (χ2n) is 4.89. The number of aromatic nitrogens is 2. The van der Waals surface area contributed by atoms with Crippen molar-refractivity contribution >= 4 is 44.8 Å². The van der Waals surface area contributed by atoms with E-state index in [2.05, 4.69) is 75.3 Å². The lowest BCUT2D eigenvalue weighted by molar-refractivity contribution is 0.541. The molecule has 0 fully saturated rings. The number of fused-ring (bicyclic) bond motifs is 1. The van der Waals surface area contributed by atoms with E-state index in [1.807, 2.05) is 0 Å². The number of nitrogens with zero attached hydrogens (tertiary/aromatic N) is 2. The van der Waals surface area contributed by atoms with Crippen molar-refractivity contribution in [3.05, 3.63) is 49.9 Å². The highest BCUT2D eigenvalue weighted by molar-refractivity contribution is 14.1. The normalized spacial score (nSPS) is 12.9. The summed E-state index contributed by atoms with van der Waals surface area (Å²) >= 11 is 4.07. The molecule has 1 atom stereocenters. The van der Waals surface area contributed by atoms with E-state index < -0.39 is 0 Å². The van der Waals surface area contributed by atoms with Gasteiger partial charge in [-0.1, -0.05) is 18.2 Å². The monoisotopic (exact) mass is 412 g/mol. The highest BCUT2D eigenvalue weighted by atomic mass is 127. The lowest BCUT2D eigenvalue weighted by Crippen LogP contribution is -2.29. The van der Waals surface area contributed by atoms with Crippen LogP contribution in [0.4, 0.5) is 0 Å². The Bertz CT molecular complexity index is 749. The van der Waals surface area contributed by atoms with Crippen LogP contribution < -0.4 is 11.3 Å². The number of rotatable bonds is 5. The molecule has 3 N–H and O–H groups in total. The number of halogens is 1. The third-order valence-electron chi connectivity index (χ3n) is 3.62. The fourth-order valence-corrected chi connectivity index (χ4v) is 3.99. The third-order valence-corrected chi connectivity index (χ3v) is 5.43. The molecule has 0 bridgehead atoms. The van der Waals surface area contributed by atoms with Gasteiger partial charge in [0.2, 0.25) is 0 Å². The molecule has 3 aromatic rings. The van der Waals surface area contributed by atoms with E-state index in [9.17, 15) is 0 Å². The van der Waals surface area contributed by atoms with Gasteiger partial charge < -0.3 is 0 Å². The highest BCUT2D eigenvalue weighted by Crippen LogP contribution is 2.27. The van der Waals surface area contributed by atoms with Gasteiger partial charge in [-0.15, -0.1) is 11.3 Å². The summed E-state index contributed by atoms with van der Waals surface area (Å²) in [6.07, 6.45) is 0.789. The second-order valence-corrected chi connectivity index (χ2v) is 7.69. The molecule has 1 unspecified atom stereocenters. The zero-order valence-electron chi connectivity index (χ0n) is 11.7. The first-order valence-electron chi connectivity index (χ1n) is 6.87. The van der Waals surface area contributed by atoms with E-state index in [4.69, 9.17) is 10.9 Å². The molecule has 0 saturated carbocycles. The predicted octanol–water partition coefficient (Wildman–Crippen LogP) is 3.47. The summed E-state index contributed by atoms with van der Waals surface area (Å²) in [6.45, 7) is 2.99. The number of benzene rings is 1. The molecule has 3 rings (SSSR count). The van der Waals surface area contributed by atoms with E-state index in [1.165, 1.54) is 19.4 Å². The van der Waals surface area contributed by atoms with E-state index >= 15 is 0 Å². The van der Waals surface area contributed by atoms with Gasteiger partial charge >= 0.3 is 0 Å². The van der Waals surface area contributed by atoms with Crippen molar-refractivity contribution in [1.82, 2.24) is 15.2 Å². The van der Waals surface area contributed by atoms with Crippen LogP contribution in [0, 0.1) is 2.88 Å². The van der Waals surface area contributed by atoms with Crippen molar-refractivity contribution in [3.8, 4) is 0 Å². The smallest absolute Gasteiger partial charge is 0.0722 e. The zero-order valence-corrected chi connectivity index (χ0v) is 14.7. The molecular weight excluding hydrogens is 395 g/mol. The maximum absolute atomic E-state index is 5.76. The Balaban J connectivity index is 1.97. The van der Waals surface area contributed by atoms with Gasteiger partial charge in [-0.3, -0.25) is 16.0 Å². The van der Waals surface area contributed by atoms with E-state index in [0.717, 1.165) is 18.7 Å². The van der Waals surface area contributed by atoms with Crippen LogP contribution in [0.15, 0.2) is 35.7 Å². The molecule has 21 heavy (non-hydrogen) atoms. The summed E-state index contributed by atoms with van der Waals surface area (Å²) in [5, 5.41) is 8.12. The first kappa shape index (κ1) is 15.0. The van der Waals surface area contributed by atoms with Gasteiger partial charge in [0.1, 0.15) is 0 Å². The second kappa shape index (κ2) is 6.43. The summed E-state index contributed by atoms with van der Waals surface area (Å²) < 4.78 is 3.32. The Kier molecular flexibility index (Phi) is 4.58. The van der Waals surface area contributed by atoms with Crippen LogP contribution in [-0.4, -0.2) is 9.78 Å². The van der Waals surface area contributed by atoms with E-state index in [1.54, 1.807) is 11.3 Å². The molecule has 0 spiro atoms. The average Bonchev–Trinajstić information content (AvgIpc) is 3.09. The predicted molar refractivity (Wildman–Crippen MR) is 96.2 cm³/mol. The molecule has 6 heteroatoms. The van der Waals surface area contributed by atoms with Crippen molar-refractivity contribution in [2.75, 3.05) is 0 Å². The lowest BCUT2D eigenvalue weighted by atomic mass is 10.0. The van der Waals surface area contributed by atoms with Gasteiger partial charge in [0.05, 0.1) is 20.1 Å². The van der Waals surface area contributed by atoms with Gasteiger partial charge in [0, 0.05) is 18.4 Å². The quantitative estimate of drug-likeness (QED) is 0.383. The van der Waals surface area contributed by atoms with Gasteiger partial charge in [0.15, 0.2) is 0 Å². The topological polar surface area (TPSA) is 55.9 Å². The van der Waals surface area contributed by atoms with Crippen LogP contribution in [0.2, 0.25) is 0 Å². The fourth-order valence-electron chi connectivity index (χ4n) is 2.56. The van der Waals surface area contributed by atoms with Gasteiger partial charge in [-0.05, 0) is 52.6 Å². The highest BCUT2D eigenvalue weighted by Gasteiger charge is 2.17. The summed E-state index contributed by atoms with van der Waals surface area (Å²) in [4.78, 5) is 0. The van der Waals surface area contributed by atoms with Crippen LogP contribution >= 0.6 is 33.9 Å². The Morgan fingerprint density at radius 2 is 2.24 bits per heavy atom. The molecule has 1 aromatic carbocycles. The van der Waals surface area contributed by atoms with Gasteiger partial charge in [-0.25, -0.2) is 0 Å². The van der Waals surface area contributed by atoms with Crippen LogP contribution in [0.3, 0.4) is 0 Å². The summed E-state index contributed by atoms with van der Waals surface area (Å²) in [5.74, 6) is 5.76. The number of nitrogens with two attached hydrogens (primary N) is 1. The van der Waals surface area contributed by atoms with Crippen molar-refractivity contribution in [1.29, 1.82) is 0 Å². The van der Waals surface area contributed by atoms with Crippen LogP contribution in [0.5, 0.6) is 0 Å². The minimum atomic E-state index is 0.0911. The Labute approximate surface area is 141 Å². The molecule has 110 valence electrons. The number of hydrogen-bond acceptors (Lipinski definition) is 4. The Hall–Kier alpha value is -0.960. The number of thiophene rings is 1. The molecule has 0 aliphatic heterocycles. The average molecular weight is 412 g/mol. The molecule has 0 amide bonds. The zero-order chi connectivity index (χ0) is 14.8. The summed E-state index contributed by atoms with van der Waals surface area (Å²) in [5.41, 5.74) is 6.43. The van der Waals surface area contributed by atoms with Gasteiger partial charge in [-0.2, -0.15) is 5.10 Å². The molecule has 0 saturated heterocycles. The SMILES string of the molecule is CCn1nc(CC(NN)c2csc(I)c2)c2ccccc21. The van der Waals surface area contributed by atoms with Crippen molar-refractivity contribution in [2.45, 2.75) is 25.9 Å². The van der Waals surface area contributed by atoms with E-state index in [-0.39, 0.29) is 6.04 Å². The minimum absolute atomic E-state index is 0.0911. The van der Waals surface area contributed by atoms with E-state index in [0.29, 0.717) is 0 Å². The van der Waals surface area contributed by atoms with Crippen molar-refractivity contribution in [3.63, 3.8) is 0 Å². The number of hydrogen-bond donors (Lipinski definition) is 2. The van der Waals surface area contributed by atoms with Crippen molar-refractivity contribution < 1.29 is 0 Å². The molecule has 0 aliphatic carbocycles. The maximum atomic E-state index is 5.76. The Morgan fingerprint density at radius 1 is 1.43 bits per heavy atom. The first-order valence-corrected chi connectivity index (χ1v) is 8.83. The largest absolute Gasteiger partial charge is 0.271 e. The Morgan fingerprint density at radius 3 is 2.90 bits per heavy atom. The molecular formula is C15H17IN4S. The molecule has 4 nitrogen and oxygen atoms in total. The van der Waals surface area contributed by atoms with Crippen LogP contribution in [0.25, 0.3) is 10.9 Å². The molecule has 2 heterocycles. The number of aryl methyl sites for hydroxylation is 1. The lowest BCUT2D eigenvalue weighted by Gasteiger charge is -2.13.